The minimum absolute atomic E-state index is 1.14. The molecule has 0 nitrogen and oxygen atoms in total. The van der Waals surface area contributed by atoms with Crippen molar-refractivity contribution in [1.29, 1.82) is 0 Å². The van der Waals surface area contributed by atoms with E-state index in [0.717, 1.165) is 12.8 Å². The van der Waals surface area contributed by atoms with E-state index in [1.165, 1.54) is 33.4 Å². The Morgan fingerprint density at radius 1 is 0.650 bits per heavy atom. The lowest BCUT2D eigenvalue weighted by molar-refractivity contribution is 0.951. The van der Waals surface area contributed by atoms with Gasteiger partial charge in [0.2, 0.25) is 0 Å². The molecule has 0 aromatic rings. The summed E-state index contributed by atoms with van der Waals surface area (Å²) in [7, 11) is 0. The Morgan fingerprint density at radius 3 is 2.20 bits per heavy atom. The van der Waals surface area contributed by atoms with Crippen LogP contribution in [-0.4, -0.2) is 0 Å². The summed E-state index contributed by atoms with van der Waals surface area (Å²) in [6.45, 7) is 0. The van der Waals surface area contributed by atoms with Crippen LogP contribution >= 0.6 is 0 Å². The van der Waals surface area contributed by atoms with Gasteiger partial charge in [-0.05, 0) is 46.3 Å². The molecule has 4 aliphatic rings. The zero-order chi connectivity index (χ0) is 13.4. The Morgan fingerprint density at radius 2 is 1.35 bits per heavy atom. The van der Waals surface area contributed by atoms with Crippen LogP contribution in [0.15, 0.2) is 106 Å². The van der Waals surface area contributed by atoms with E-state index in [4.69, 9.17) is 0 Å². The standard InChI is InChI=1S/C20H16/c1-2-6-12-17-16(11-5-1)18-13-7-3-4-9-15-10-8-14-19(17)20(15)18/h1-7,9,11-14H,8,10H2. The van der Waals surface area contributed by atoms with E-state index < -0.39 is 0 Å². The summed E-state index contributed by atoms with van der Waals surface area (Å²) in [5.74, 6) is 0. The van der Waals surface area contributed by atoms with Crippen molar-refractivity contribution in [2.24, 2.45) is 0 Å². The first-order chi connectivity index (χ1) is 9.95. The maximum absolute atomic E-state index is 2.40. The second-order valence-electron chi connectivity index (χ2n) is 5.31. The molecular weight excluding hydrogens is 240 g/mol. The van der Waals surface area contributed by atoms with Gasteiger partial charge in [-0.1, -0.05) is 72.9 Å². The van der Waals surface area contributed by atoms with Crippen LogP contribution in [-0.2, 0) is 0 Å². The molecule has 0 bridgehead atoms. The summed E-state index contributed by atoms with van der Waals surface area (Å²) in [5.41, 5.74) is 8.43. The molecule has 0 spiro atoms. The van der Waals surface area contributed by atoms with Crippen molar-refractivity contribution in [1.82, 2.24) is 0 Å². The minimum Gasteiger partial charge on any atom is -0.0757 e. The average molecular weight is 256 g/mol. The average Bonchev–Trinajstić information content (AvgIpc) is 2.68. The Balaban J connectivity index is 1.99. The third-order valence-corrected chi connectivity index (χ3v) is 4.13. The molecular formula is C20H16. The first-order valence-electron chi connectivity index (χ1n) is 7.21. The molecule has 4 aliphatic carbocycles. The van der Waals surface area contributed by atoms with Crippen LogP contribution in [0, 0.1) is 0 Å². The van der Waals surface area contributed by atoms with Crippen LogP contribution in [0.5, 0.6) is 0 Å². The first-order valence-corrected chi connectivity index (χ1v) is 7.21. The Bertz CT molecular complexity index is 735. The predicted octanol–water partition coefficient (Wildman–Crippen LogP) is 5.05. The number of fused-ring (bicyclic) bond motifs is 2. The molecule has 0 aromatic carbocycles. The summed E-state index contributed by atoms with van der Waals surface area (Å²) in [4.78, 5) is 0. The quantitative estimate of drug-likeness (QED) is 0.569. The zero-order valence-electron chi connectivity index (χ0n) is 11.3. The van der Waals surface area contributed by atoms with Crippen molar-refractivity contribution < 1.29 is 0 Å². The molecule has 0 aromatic heterocycles. The van der Waals surface area contributed by atoms with Gasteiger partial charge in [0.05, 0.1) is 0 Å². The largest absolute Gasteiger partial charge is 0.0757 e. The summed E-state index contributed by atoms with van der Waals surface area (Å²) in [6, 6.07) is 0. The Kier molecular flexibility index (Phi) is 2.67. The van der Waals surface area contributed by atoms with E-state index in [1.54, 1.807) is 0 Å². The van der Waals surface area contributed by atoms with Gasteiger partial charge in [0.25, 0.3) is 0 Å². The monoisotopic (exact) mass is 256 g/mol. The van der Waals surface area contributed by atoms with Crippen molar-refractivity contribution in [3.05, 3.63) is 106 Å². The van der Waals surface area contributed by atoms with E-state index in [-0.39, 0.29) is 0 Å². The van der Waals surface area contributed by atoms with E-state index in [1.807, 2.05) is 0 Å². The fourth-order valence-corrected chi connectivity index (χ4v) is 3.28. The number of hydrogen-bond acceptors (Lipinski definition) is 0. The predicted molar refractivity (Wildman–Crippen MR) is 85.2 cm³/mol. The van der Waals surface area contributed by atoms with Crippen LogP contribution in [0.2, 0.25) is 0 Å². The maximum atomic E-state index is 2.40. The summed E-state index contributed by atoms with van der Waals surface area (Å²) in [6.07, 6.45) is 28.6. The Hall–Kier alpha value is -2.34. The molecule has 96 valence electrons. The molecule has 0 saturated heterocycles. The molecule has 0 atom stereocenters. The molecule has 20 heavy (non-hydrogen) atoms. The van der Waals surface area contributed by atoms with Crippen LogP contribution in [0.4, 0.5) is 0 Å². The van der Waals surface area contributed by atoms with Gasteiger partial charge in [-0.3, -0.25) is 0 Å². The number of hydrogen-bond donors (Lipinski definition) is 0. The smallest absolute Gasteiger partial charge is 0.00699 e. The van der Waals surface area contributed by atoms with Crippen molar-refractivity contribution in [3.8, 4) is 0 Å². The highest BCUT2D eigenvalue weighted by Gasteiger charge is 2.29. The van der Waals surface area contributed by atoms with Crippen molar-refractivity contribution in [3.63, 3.8) is 0 Å². The lowest BCUT2D eigenvalue weighted by Gasteiger charge is -2.18. The fourth-order valence-electron chi connectivity index (χ4n) is 3.28. The lowest BCUT2D eigenvalue weighted by Crippen LogP contribution is -2.00. The van der Waals surface area contributed by atoms with Gasteiger partial charge >= 0.3 is 0 Å². The second-order valence-corrected chi connectivity index (χ2v) is 5.31. The highest BCUT2D eigenvalue weighted by atomic mass is 14.3. The van der Waals surface area contributed by atoms with Crippen molar-refractivity contribution in [2.45, 2.75) is 12.8 Å². The molecule has 0 heterocycles. The van der Waals surface area contributed by atoms with Crippen LogP contribution in [0.3, 0.4) is 0 Å². The van der Waals surface area contributed by atoms with Crippen LogP contribution in [0.25, 0.3) is 0 Å². The van der Waals surface area contributed by atoms with Crippen molar-refractivity contribution in [2.75, 3.05) is 0 Å². The van der Waals surface area contributed by atoms with Gasteiger partial charge in [-0.25, -0.2) is 0 Å². The van der Waals surface area contributed by atoms with Crippen LogP contribution < -0.4 is 0 Å². The van der Waals surface area contributed by atoms with E-state index >= 15 is 0 Å². The van der Waals surface area contributed by atoms with E-state index in [2.05, 4.69) is 72.9 Å². The zero-order valence-corrected chi connectivity index (χ0v) is 11.3. The molecule has 0 unspecified atom stereocenters. The molecule has 0 radical (unpaired) electrons. The minimum atomic E-state index is 1.14. The topological polar surface area (TPSA) is 0 Å². The number of allylic oxidation sites excluding steroid dienone is 18. The summed E-state index contributed by atoms with van der Waals surface area (Å²) in [5, 5.41) is 0. The first kappa shape index (κ1) is 11.5. The molecule has 0 N–H and O–H groups in total. The second kappa shape index (κ2) is 4.64. The molecule has 0 fully saturated rings. The Labute approximate surface area is 119 Å². The highest BCUT2D eigenvalue weighted by Crippen LogP contribution is 2.46. The normalized spacial score (nSPS) is 22.8. The van der Waals surface area contributed by atoms with E-state index in [9.17, 15) is 0 Å². The van der Waals surface area contributed by atoms with Crippen molar-refractivity contribution >= 4 is 0 Å². The third-order valence-electron chi connectivity index (χ3n) is 4.13. The van der Waals surface area contributed by atoms with Gasteiger partial charge in [-0.2, -0.15) is 0 Å². The third kappa shape index (κ3) is 1.69. The van der Waals surface area contributed by atoms with E-state index in [0.29, 0.717) is 0 Å². The van der Waals surface area contributed by atoms with Crippen LogP contribution in [0.1, 0.15) is 12.8 Å². The van der Waals surface area contributed by atoms with Gasteiger partial charge < -0.3 is 0 Å². The van der Waals surface area contributed by atoms with Gasteiger partial charge in [-0.15, -0.1) is 0 Å². The fraction of sp³-hybridized carbons (Fsp3) is 0.100. The number of rotatable bonds is 0. The van der Waals surface area contributed by atoms with Gasteiger partial charge in [0, 0.05) is 0 Å². The summed E-state index contributed by atoms with van der Waals surface area (Å²) < 4.78 is 0. The maximum Gasteiger partial charge on any atom is -0.00699 e. The van der Waals surface area contributed by atoms with Gasteiger partial charge in [0.15, 0.2) is 0 Å². The van der Waals surface area contributed by atoms with Gasteiger partial charge in [0.1, 0.15) is 0 Å². The molecule has 4 rings (SSSR count). The molecule has 0 heteroatoms. The highest BCUT2D eigenvalue weighted by molar-refractivity contribution is 5.78. The molecule has 0 aliphatic heterocycles. The SMILES string of the molecule is C1=CC=CC2=C(C=C1)C1=CCCC3=CC=CC=CC2=C31. The summed E-state index contributed by atoms with van der Waals surface area (Å²) >= 11 is 0. The molecule has 0 amide bonds. The lowest BCUT2D eigenvalue weighted by atomic mass is 9.85. The molecule has 0 saturated carbocycles.